The Labute approximate surface area is 150 Å². The Kier molecular flexibility index (Phi) is 4.59. The number of amides is 1. The van der Waals surface area contributed by atoms with Gasteiger partial charge in [-0.3, -0.25) is 4.79 Å². The van der Waals surface area contributed by atoms with Crippen LogP contribution in [0, 0.1) is 0 Å². The van der Waals surface area contributed by atoms with Crippen molar-refractivity contribution < 1.29 is 9.53 Å². The first-order valence-electron chi connectivity index (χ1n) is 9.92. The van der Waals surface area contributed by atoms with Crippen LogP contribution in [0.15, 0.2) is 30.3 Å². The Morgan fingerprint density at radius 3 is 2.52 bits per heavy atom. The minimum absolute atomic E-state index is 0.0853. The van der Waals surface area contributed by atoms with Crippen molar-refractivity contribution in [2.45, 2.75) is 69.1 Å². The molecule has 1 N–H and O–H groups in total. The number of carbonyl (C=O) groups excluding carboxylic acids is 1. The van der Waals surface area contributed by atoms with Gasteiger partial charge in [-0.25, -0.2) is 0 Å². The molecule has 4 heteroatoms. The second-order valence-corrected chi connectivity index (χ2v) is 8.06. The van der Waals surface area contributed by atoms with Crippen LogP contribution in [0.5, 0.6) is 0 Å². The first-order valence-corrected chi connectivity index (χ1v) is 9.92. The molecule has 3 aliphatic rings. The monoisotopic (exact) mass is 342 g/mol. The molecule has 0 atom stereocenters. The summed E-state index contributed by atoms with van der Waals surface area (Å²) in [5.74, 6) is 0.240. The molecule has 2 aliphatic carbocycles. The maximum atomic E-state index is 12.5. The lowest BCUT2D eigenvalue weighted by molar-refractivity contribution is -0.198. The Morgan fingerprint density at radius 1 is 1.16 bits per heavy atom. The van der Waals surface area contributed by atoms with Gasteiger partial charge in [-0.15, -0.1) is 0 Å². The van der Waals surface area contributed by atoms with Gasteiger partial charge in [0.15, 0.2) is 0 Å². The van der Waals surface area contributed by atoms with Crippen LogP contribution in [0.2, 0.25) is 0 Å². The summed E-state index contributed by atoms with van der Waals surface area (Å²) < 4.78 is 6.46. The van der Waals surface area contributed by atoms with E-state index in [0.717, 1.165) is 64.6 Å². The lowest BCUT2D eigenvalue weighted by Gasteiger charge is -2.49. The van der Waals surface area contributed by atoms with E-state index in [1.165, 1.54) is 5.56 Å². The van der Waals surface area contributed by atoms with Crippen molar-refractivity contribution in [3.05, 3.63) is 35.9 Å². The maximum absolute atomic E-state index is 12.5. The zero-order valence-corrected chi connectivity index (χ0v) is 15.3. The smallest absolute Gasteiger partial charge is 0.254 e. The minimum atomic E-state index is -0.443. The van der Waals surface area contributed by atoms with Gasteiger partial charge in [0.05, 0.1) is 5.60 Å². The van der Waals surface area contributed by atoms with Gasteiger partial charge in [0.25, 0.3) is 5.91 Å². The van der Waals surface area contributed by atoms with Crippen LogP contribution in [0.1, 0.15) is 51.0 Å². The number of benzene rings is 1. The summed E-state index contributed by atoms with van der Waals surface area (Å²) in [5, 5.41) is 3.73. The van der Waals surface area contributed by atoms with Crippen LogP contribution in [-0.2, 0) is 16.0 Å². The van der Waals surface area contributed by atoms with Crippen LogP contribution in [0.4, 0.5) is 0 Å². The molecular weight excluding hydrogens is 312 g/mol. The number of morpholine rings is 1. The normalized spacial score (nSPS) is 30.8. The van der Waals surface area contributed by atoms with Crippen LogP contribution in [-0.4, -0.2) is 47.7 Å². The summed E-state index contributed by atoms with van der Waals surface area (Å²) >= 11 is 0. The van der Waals surface area contributed by atoms with E-state index < -0.39 is 5.60 Å². The highest BCUT2D eigenvalue weighted by Gasteiger charge is 2.61. The highest BCUT2D eigenvalue weighted by atomic mass is 16.5. The number of nitrogens with zero attached hydrogens (tertiary/aromatic N) is 1. The Morgan fingerprint density at radius 2 is 1.88 bits per heavy atom. The molecule has 4 rings (SSSR count). The molecule has 0 aromatic heterocycles. The van der Waals surface area contributed by atoms with E-state index in [9.17, 15) is 4.79 Å². The lowest BCUT2D eigenvalue weighted by Crippen LogP contribution is -2.61. The van der Waals surface area contributed by atoms with Gasteiger partial charge < -0.3 is 15.0 Å². The number of rotatable bonds is 5. The van der Waals surface area contributed by atoms with E-state index in [1.54, 1.807) is 0 Å². The lowest BCUT2D eigenvalue weighted by atomic mass is 9.80. The number of carbonyl (C=O) groups is 1. The quantitative estimate of drug-likeness (QED) is 0.895. The molecule has 1 amide bonds. The van der Waals surface area contributed by atoms with Crippen LogP contribution < -0.4 is 5.32 Å². The standard InChI is InChI=1S/C21H30N2O2/c1-2-23-16-20(25-21(13-14-21)19(23)24)11-8-18(9-12-20)22-15-10-17-6-4-3-5-7-17/h3-7,18,22H,2,8-16H2,1H3/t18-,20-. The van der Waals surface area contributed by atoms with Crippen LogP contribution in [0.3, 0.4) is 0 Å². The van der Waals surface area contributed by atoms with Crippen molar-refractivity contribution in [3.8, 4) is 0 Å². The van der Waals surface area contributed by atoms with Gasteiger partial charge in [0.2, 0.25) is 0 Å². The highest BCUT2D eigenvalue weighted by Crippen LogP contribution is 2.50. The third kappa shape index (κ3) is 3.47. The number of hydrogen-bond acceptors (Lipinski definition) is 3. The summed E-state index contributed by atoms with van der Waals surface area (Å²) in [6.07, 6.45) is 7.36. The Balaban J connectivity index is 1.28. The van der Waals surface area contributed by atoms with E-state index >= 15 is 0 Å². The predicted molar refractivity (Wildman–Crippen MR) is 98.4 cm³/mol. The zero-order chi connectivity index (χ0) is 17.3. The first kappa shape index (κ1) is 17.0. The SMILES string of the molecule is CCN1C[C@]2(CC[C@@H](NCCc3ccccc3)CC2)OC2(CC2)C1=O. The molecule has 2 spiro atoms. The summed E-state index contributed by atoms with van der Waals surface area (Å²) in [7, 11) is 0. The number of nitrogens with one attached hydrogen (secondary N) is 1. The molecule has 25 heavy (non-hydrogen) atoms. The second-order valence-electron chi connectivity index (χ2n) is 8.06. The molecule has 2 saturated carbocycles. The Hall–Kier alpha value is -1.39. The fraction of sp³-hybridized carbons (Fsp3) is 0.667. The van der Waals surface area contributed by atoms with Gasteiger partial charge in [0, 0.05) is 19.1 Å². The molecule has 0 unspecified atom stereocenters. The summed E-state index contributed by atoms with van der Waals surface area (Å²) in [5.41, 5.74) is 0.866. The molecule has 4 nitrogen and oxygen atoms in total. The Bertz CT molecular complexity index is 604. The van der Waals surface area contributed by atoms with Crippen molar-refractivity contribution in [1.29, 1.82) is 0 Å². The van der Waals surface area contributed by atoms with Crippen molar-refractivity contribution in [2.24, 2.45) is 0 Å². The molecule has 1 aromatic carbocycles. The van der Waals surface area contributed by atoms with Crippen molar-refractivity contribution >= 4 is 5.91 Å². The van der Waals surface area contributed by atoms with Gasteiger partial charge in [-0.2, -0.15) is 0 Å². The van der Waals surface area contributed by atoms with Crippen molar-refractivity contribution in [2.75, 3.05) is 19.6 Å². The average Bonchev–Trinajstić information content (AvgIpc) is 3.41. The largest absolute Gasteiger partial charge is 0.357 e. The minimum Gasteiger partial charge on any atom is -0.357 e. The zero-order valence-electron chi connectivity index (χ0n) is 15.3. The third-order valence-corrected chi connectivity index (χ3v) is 6.24. The number of likely N-dealkylation sites (N-methyl/N-ethyl adjacent to an activating group) is 1. The summed E-state index contributed by atoms with van der Waals surface area (Å²) in [4.78, 5) is 14.5. The van der Waals surface area contributed by atoms with Gasteiger partial charge in [0.1, 0.15) is 5.60 Å². The fourth-order valence-corrected chi connectivity index (χ4v) is 4.56. The van der Waals surface area contributed by atoms with Crippen molar-refractivity contribution in [3.63, 3.8) is 0 Å². The van der Waals surface area contributed by atoms with E-state index in [2.05, 4.69) is 42.6 Å². The molecule has 0 radical (unpaired) electrons. The predicted octanol–water partition coefficient (Wildman–Crippen LogP) is 2.91. The average molecular weight is 342 g/mol. The van der Waals surface area contributed by atoms with Gasteiger partial charge >= 0.3 is 0 Å². The molecule has 0 bridgehead atoms. The summed E-state index contributed by atoms with van der Waals surface area (Å²) in [6, 6.07) is 11.3. The molecule has 1 saturated heterocycles. The van der Waals surface area contributed by atoms with E-state index in [4.69, 9.17) is 4.74 Å². The first-order chi connectivity index (χ1) is 12.1. The topological polar surface area (TPSA) is 41.6 Å². The van der Waals surface area contributed by atoms with E-state index in [-0.39, 0.29) is 11.5 Å². The molecule has 136 valence electrons. The molecular formula is C21H30N2O2. The second kappa shape index (κ2) is 6.73. The maximum Gasteiger partial charge on any atom is 0.254 e. The third-order valence-electron chi connectivity index (χ3n) is 6.24. The molecule has 1 aliphatic heterocycles. The molecule has 1 aromatic rings. The number of hydrogen-bond donors (Lipinski definition) is 1. The highest BCUT2D eigenvalue weighted by molar-refractivity contribution is 5.89. The summed E-state index contributed by atoms with van der Waals surface area (Å²) in [6.45, 7) is 4.72. The van der Waals surface area contributed by atoms with E-state index in [0.29, 0.717) is 6.04 Å². The van der Waals surface area contributed by atoms with Gasteiger partial charge in [-0.1, -0.05) is 30.3 Å². The van der Waals surface area contributed by atoms with Crippen LogP contribution >= 0.6 is 0 Å². The van der Waals surface area contributed by atoms with E-state index in [1.807, 2.05) is 4.90 Å². The number of ether oxygens (including phenoxy) is 1. The molecule has 1 heterocycles. The van der Waals surface area contributed by atoms with Crippen LogP contribution in [0.25, 0.3) is 0 Å². The van der Waals surface area contributed by atoms with Crippen molar-refractivity contribution in [1.82, 2.24) is 10.2 Å². The fourth-order valence-electron chi connectivity index (χ4n) is 4.56. The molecule has 3 fully saturated rings. The van der Waals surface area contributed by atoms with Gasteiger partial charge in [-0.05, 0) is 64.0 Å².